The molecule has 1 aromatic heterocycles. The Morgan fingerprint density at radius 2 is 1.80 bits per heavy atom. The molecule has 0 bridgehead atoms. The van der Waals surface area contributed by atoms with E-state index >= 15 is 0 Å². The third-order valence-electron chi connectivity index (χ3n) is 3.66. The molecule has 0 amide bonds. The zero-order valence-corrected chi connectivity index (χ0v) is 13.8. The van der Waals surface area contributed by atoms with Gasteiger partial charge in [-0.15, -0.1) is 0 Å². The normalized spacial score (nSPS) is 10.6. The highest BCUT2D eigenvalue weighted by Gasteiger charge is 2.11. The number of carbonyl (C=O) groups excluding carboxylic acids is 1. The lowest BCUT2D eigenvalue weighted by molar-refractivity contribution is -0.134. The van der Waals surface area contributed by atoms with Crippen molar-refractivity contribution < 1.29 is 14.3 Å². The molecule has 0 radical (unpaired) electrons. The first-order valence-corrected chi connectivity index (χ1v) is 8.05. The lowest BCUT2D eigenvalue weighted by Crippen LogP contribution is -2.23. The average Bonchev–Trinajstić information content (AvgIpc) is 2.63. The summed E-state index contributed by atoms with van der Waals surface area (Å²) in [4.78, 5) is 28.7. The van der Waals surface area contributed by atoms with E-state index in [9.17, 15) is 9.59 Å². The number of aryl methyl sites for hydroxylation is 1. The molecule has 3 aromatic rings. The molecular formula is C19H18N2O4. The van der Waals surface area contributed by atoms with Gasteiger partial charge < -0.3 is 9.47 Å². The Kier molecular flexibility index (Phi) is 5.09. The number of rotatable bonds is 6. The molecule has 6 heteroatoms. The van der Waals surface area contributed by atoms with Crippen LogP contribution in [-0.2, 0) is 11.3 Å². The Morgan fingerprint density at radius 3 is 2.60 bits per heavy atom. The third kappa shape index (κ3) is 3.85. The maximum Gasteiger partial charge on any atom is 0.313 e. The molecule has 0 spiro atoms. The molecule has 0 saturated heterocycles. The van der Waals surface area contributed by atoms with Gasteiger partial charge >= 0.3 is 5.97 Å². The molecule has 1 heterocycles. The van der Waals surface area contributed by atoms with E-state index in [1.807, 2.05) is 19.1 Å². The van der Waals surface area contributed by atoms with Crippen LogP contribution in [0.4, 0.5) is 0 Å². The fourth-order valence-electron chi connectivity index (χ4n) is 2.46. The summed E-state index contributed by atoms with van der Waals surface area (Å²) in [5, 5.41) is 0.528. The minimum Gasteiger partial charge on any atom is -0.490 e. The van der Waals surface area contributed by atoms with Crippen molar-refractivity contribution in [3.05, 3.63) is 65.2 Å². The predicted octanol–water partition coefficient (Wildman–Crippen LogP) is 2.79. The second-order valence-electron chi connectivity index (χ2n) is 5.36. The molecule has 0 fully saturated rings. The Bertz CT molecular complexity index is 949. The van der Waals surface area contributed by atoms with Gasteiger partial charge in [-0.1, -0.05) is 24.3 Å². The zero-order valence-electron chi connectivity index (χ0n) is 13.8. The molecule has 3 rings (SSSR count). The summed E-state index contributed by atoms with van der Waals surface area (Å²) in [6, 6.07) is 14.1. The lowest BCUT2D eigenvalue weighted by Gasteiger charge is -2.10. The van der Waals surface area contributed by atoms with Gasteiger partial charge in [-0.2, -0.15) is 0 Å². The van der Waals surface area contributed by atoms with Crippen molar-refractivity contribution in [2.75, 3.05) is 6.61 Å². The minimum atomic E-state index is -0.438. The Hall–Kier alpha value is -3.15. The van der Waals surface area contributed by atoms with Gasteiger partial charge in [0.15, 0.2) is 11.5 Å². The molecule has 128 valence electrons. The van der Waals surface area contributed by atoms with Crippen LogP contribution in [-0.4, -0.2) is 22.1 Å². The quantitative estimate of drug-likeness (QED) is 0.510. The van der Waals surface area contributed by atoms with E-state index in [2.05, 4.69) is 4.98 Å². The summed E-state index contributed by atoms with van der Waals surface area (Å²) in [5.41, 5.74) is 0.463. The Labute approximate surface area is 144 Å². The Morgan fingerprint density at radius 1 is 1.08 bits per heavy atom. The van der Waals surface area contributed by atoms with Crippen molar-refractivity contribution in [3.63, 3.8) is 0 Å². The molecule has 25 heavy (non-hydrogen) atoms. The van der Waals surface area contributed by atoms with Crippen molar-refractivity contribution >= 4 is 16.9 Å². The number of nitrogens with zero attached hydrogens (tertiary/aromatic N) is 2. The van der Waals surface area contributed by atoms with Crippen molar-refractivity contribution in [3.8, 4) is 11.5 Å². The SMILES string of the molecule is CCOc1ccccc1OC(=O)CCn1cnc2ccccc2c1=O. The van der Waals surface area contributed by atoms with E-state index in [-0.39, 0.29) is 18.5 Å². The highest BCUT2D eigenvalue weighted by molar-refractivity contribution is 5.77. The van der Waals surface area contributed by atoms with Crippen LogP contribution in [0.15, 0.2) is 59.7 Å². The topological polar surface area (TPSA) is 70.4 Å². The molecule has 6 nitrogen and oxygen atoms in total. The number of aromatic nitrogens is 2. The average molecular weight is 338 g/mol. The number of hydrogen-bond acceptors (Lipinski definition) is 5. The van der Waals surface area contributed by atoms with Gasteiger partial charge in [0.25, 0.3) is 5.56 Å². The zero-order chi connectivity index (χ0) is 17.6. The second kappa shape index (κ2) is 7.61. The maximum absolute atomic E-state index is 12.4. The van der Waals surface area contributed by atoms with Gasteiger partial charge in [0.2, 0.25) is 0 Å². The molecule has 0 unspecified atom stereocenters. The molecule has 0 aliphatic heterocycles. The van der Waals surface area contributed by atoms with Crippen molar-refractivity contribution in [2.24, 2.45) is 0 Å². The summed E-state index contributed by atoms with van der Waals surface area (Å²) >= 11 is 0. The van der Waals surface area contributed by atoms with E-state index in [0.29, 0.717) is 29.0 Å². The van der Waals surface area contributed by atoms with Gasteiger partial charge in [0, 0.05) is 6.54 Å². The first-order chi connectivity index (χ1) is 12.2. The first-order valence-electron chi connectivity index (χ1n) is 8.05. The lowest BCUT2D eigenvalue weighted by atomic mass is 10.2. The summed E-state index contributed by atoms with van der Waals surface area (Å²) < 4.78 is 12.2. The number of esters is 1. The van der Waals surface area contributed by atoms with Crippen LogP contribution < -0.4 is 15.0 Å². The predicted molar refractivity (Wildman–Crippen MR) is 93.9 cm³/mol. The number of fused-ring (bicyclic) bond motifs is 1. The van der Waals surface area contributed by atoms with Crippen LogP contribution in [0.2, 0.25) is 0 Å². The number of carbonyl (C=O) groups is 1. The molecule has 2 aromatic carbocycles. The number of benzene rings is 2. The van der Waals surface area contributed by atoms with Crippen LogP contribution in [0, 0.1) is 0 Å². The van der Waals surface area contributed by atoms with Crippen LogP contribution in [0.25, 0.3) is 10.9 Å². The maximum atomic E-state index is 12.4. The summed E-state index contributed by atoms with van der Waals surface area (Å²) in [7, 11) is 0. The van der Waals surface area contributed by atoms with Crippen molar-refractivity contribution in [1.82, 2.24) is 9.55 Å². The standard InChI is InChI=1S/C19H18N2O4/c1-2-24-16-9-5-6-10-17(16)25-18(22)11-12-21-13-20-15-8-4-3-7-14(15)19(21)23/h3-10,13H,2,11-12H2,1H3. The molecular weight excluding hydrogens is 320 g/mol. The largest absolute Gasteiger partial charge is 0.490 e. The third-order valence-corrected chi connectivity index (χ3v) is 3.66. The monoisotopic (exact) mass is 338 g/mol. The fraction of sp³-hybridized carbons (Fsp3) is 0.211. The highest BCUT2D eigenvalue weighted by Crippen LogP contribution is 2.26. The summed E-state index contributed by atoms with van der Waals surface area (Å²) in [6.07, 6.45) is 1.51. The first kappa shape index (κ1) is 16.7. The van der Waals surface area contributed by atoms with Gasteiger partial charge in [0.1, 0.15) is 0 Å². The van der Waals surface area contributed by atoms with Crippen molar-refractivity contribution in [2.45, 2.75) is 19.9 Å². The van der Waals surface area contributed by atoms with Crippen molar-refractivity contribution in [1.29, 1.82) is 0 Å². The highest BCUT2D eigenvalue weighted by atomic mass is 16.6. The van der Waals surface area contributed by atoms with E-state index in [1.54, 1.807) is 36.4 Å². The van der Waals surface area contributed by atoms with Crippen LogP contribution in [0.3, 0.4) is 0 Å². The molecule has 0 saturated carbocycles. The van der Waals surface area contributed by atoms with E-state index < -0.39 is 5.97 Å². The molecule has 0 N–H and O–H groups in total. The molecule has 0 atom stereocenters. The second-order valence-corrected chi connectivity index (χ2v) is 5.36. The van der Waals surface area contributed by atoms with E-state index in [0.717, 1.165) is 0 Å². The van der Waals surface area contributed by atoms with Crippen LogP contribution in [0.1, 0.15) is 13.3 Å². The number of ether oxygens (including phenoxy) is 2. The molecule has 0 aliphatic rings. The Balaban J connectivity index is 1.69. The minimum absolute atomic E-state index is 0.0559. The van der Waals surface area contributed by atoms with Gasteiger partial charge in [-0.05, 0) is 31.2 Å². The van der Waals surface area contributed by atoms with E-state index in [4.69, 9.17) is 9.47 Å². The van der Waals surface area contributed by atoms with Gasteiger partial charge in [-0.25, -0.2) is 4.98 Å². The van der Waals surface area contributed by atoms with Crippen LogP contribution in [0.5, 0.6) is 11.5 Å². The molecule has 0 aliphatic carbocycles. The number of para-hydroxylation sites is 3. The fourth-order valence-corrected chi connectivity index (χ4v) is 2.46. The van der Waals surface area contributed by atoms with Gasteiger partial charge in [0.05, 0.1) is 30.3 Å². The summed E-state index contributed by atoms with van der Waals surface area (Å²) in [6.45, 7) is 2.54. The smallest absolute Gasteiger partial charge is 0.313 e. The summed E-state index contributed by atoms with van der Waals surface area (Å²) in [5.74, 6) is 0.452. The van der Waals surface area contributed by atoms with Gasteiger partial charge in [-0.3, -0.25) is 14.2 Å². The van der Waals surface area contributed by atoms with E-state index in [1.165, 1.54) is 10.9 Å². The van der Waals surface area contributed by atoms with Crippen LogP contribution >= 0.6 is 0 Å². The number of hydrogen-bond donors (Lipinski definition) is 0.